The summed E-state index contributed by atoms with van der Waals surface area (Å²) in [7, 11) is 0. The third-order valence-electron chi connectivity index (χ3n) is 3.69. The molecular weight excluding hydrogens is 344 g/mol. The van der Waals surface area contributed by atoms with Crippen molar-refractivity contribution < 1.29 is 9.53 Å². The van der Waals surface area contributed by atoms with Crippen LogP contribution in [0.2, 0.25) is 0 Å². The van der Waals surface area contributed by atoms with E-state index in [1.165, 1.54) is 5.56 Å². The molecule has 1 aromatic heterocycles. The van der Waals surface area contributed by atoms with Gasteiger partial charge in [-0.3, -0.25) is 4.79 Å². The lowest BCUT2D eigenvalue weighted by atomic mass is 10.1. The molecule has 1 amide bonds. The molecule has 132 valence electrons. The zero-order valence-electron chi connectivity index (χ0n) is 14.5. The molecule has 1 N–H and O–H groups in total. The van der Waals surface area contributed by atoms with Crippen LogP contribution in [0.15, 0.2) is 71.1 Å². The Morgan fingerprint density at radius 2 is 2.00 bits per heavy atom. The predicted molar refractivity (Wildman–Crippen MR) is 106 cm³/mol. The number of hydrogen-bond donors (Lipinski definition) is 1. The zero-order chi connectivity index (χ0) is 18.2. The molecule has 0 bridgehead atoms. The number of ether oxygens (including phenoxy) is 1. The lowest BCUT2D eigenvalue weighted by molar-refractivity contribution is -0.120. The molecule has 26 heavy (non-hydrogen) atoms. The predicted octanol–water partition coefficient (Wildman–Crippen LogP) is 4.33. The van der Waals surface area contributed by atoms with Crippen LogP contribution in [-0.2, 0) is 17.8 Å². The van der Waals surface area contributed by atoms with Crippen molar-refractivity contribution in [1.82, 2.24) is 5.43 Å². The summed E-state index contributed by atoms with van der Waals surface area (Å²) < 4.78 is 5.79. The minimum atomic E-state index is -0.123. The van der Waals surface area contributed by atoms with Gasteiger partial charge < -0.3 is 4.74 Å². The van der Waals surface area contributed by atoms with Crippen LogP contribution in [0.1, 0.15) is 21.6 Å². The van der Waals surface area contributed by atoms with E-state index in [9.17, 15) is 4.79 Å². The molecule has 0 saturated heterocycles. The van der Waals surface area contributed by atoms with Gasteiger partial charge in [0.05, 0.1) is 12.6 Å². The zero-order valence-corrected chi connectivity index (χ0v) is 15.3. The molecule has 0 aliphatic carbocycles. The number of hydrogen-bond acceptors (Lipinski definition) is 4. The first-order valence-electron chi connectivity index (χ1n) is 8.32. The average molecular weight is 364 g/mol. The van der Waals surface area contributed by atoms with Gasteiger partial charge in [0, 0.05) is 4.88 Å². The van der Waals surface area contributed by atoms with E-state index in [1.807, 2.05) is 53.9 Å². The van der Waals surface area contributed by atoms with Crippen LogP contribution in [-0.4, -0.2) is 12.1 Å². The van der Waals surface area contributed by atoms with Gasteiger partial charge in [-0.1, -0.05) is 35.9 Å². The largest absolute Gasteiger partial charge is 0.489 e. The summed E-state index contributed by atoms with van der Waals surface area (Å²) in [5.41, 5.74) is 5.80. The summed E-state index contributed by atoms with van der Waals surface area (Å²) in [5.74, 6) is 0.673. The maximum Gasteiger partial charge on any atom is 0.245 e. The second kappa shape index (κ2) is 8.97. The summed E-state index contributed by atoms with van der Waals surface area (Å²) >= 11 is 1.56. The van der Waals surface area contributed by atoms with Gasteiger partial charge in [0.2, 0.25) is 5.91 Å². The van der Waals surface area contributed by atoms with Crippen molar-refractivity contribution in [3.63, 3.8) is 0 Å². The fourth-order valence-corrected chi connectivity index (χ4v) is 3.11. The molecule has 5 heteroatoms. The first kappa shape index (κ1) is 17.9. The summed E-state index contributed by atoms with van der Waals surface area (Å²) in [6.45, 7) is 2.60. The Balaban J connectivity index is 1.47. The summed E-state index contributed by atoms with van der Waals surface area (Å²) in [5, 5.41) is 5.95. The highest BCUT2D eigenvalue weighted by atomic mass is 32.1. The fraction of sp³-hybridized carbons (Fsp3) is 0.143. The van der Waals surface area contributed by atoms with E-state index < -0.39 is 0 Å². The quantitative estimate of drug-likeness (QED) is 0.501. The number of carbonyl (C=O) groups is 1. The Labute approximate surface area is 157 Å². The molecule has 0 spiro atoms. The summed E-state index contributed by atoms with van der Waals surface area (Å²) in [6.07, 6.45) is 1.97. The van der Waals surface area contributed by atoms with Gasteiger partial charge in [0.1, 0.15) is 12.4 Å². The van der Waals surface area contributed by atoms with Gasteiger partial charge in [0.15, 0.2) is 0 Å². The molecule has 0 radical (unpaired) electrons. The van der Waals surface area contributed by atoms with Crippen molar-refractivity contribution in [2.75, 3.05) is 0 Å². The lowest BCUT2D eigenvalue weighted by Gasteiger charge is -2.07. The van der Waals surface area contributed by atoms with Gasteiger partial charge in [-0.05, 0) is 53.8 Å². The molecule has 1 heterocycles. The molecule has 0 aliphatic heterocycles. The van der Waals surface area contributed by atoms with Crippen molar-refractivity contribution >= 4 is 23.5 Å². The molecule has 0 atom stereocenters. The van der Waals surface area contributed by atoms with Gasteiger partial charge in [-0.25, -0.2) is 5.43 Å². The van der Waals surface area contributed by atoms with Crippen LogP contribution in [0.25, 0.3) is 0 Å². The number of thiophene rings is 1. The molecule has 0 unspecified atom stereocenters. The minimum Gasteiger partial charge on any atom is -0.489 e. The smallest absolute Gasteiger partial charge is 0.245 e. The monoisotopic (exact) mass is 364 g/mol. The Bertz CT molecular complexity index is 871. The number of hydrazone groups is 1. The SMILES string of the molecule is Cc1cccc(COc2ccc(/C=N\NC(=O)Cc3cccs3)cc2)c1. The number of amides is 1. The van der Waals surface area contributed by atoms with E-state index in [0.717, 1.165) is 21.8 Å². The first-order valence-corrected chi connectivity index (χ1v) is 9.20. The highest BCUT2D eigenvalue weighted by molar-refractivity contribution is 7.10. The number of nitrogens with one attached hydrogen (secondary N) is 1. The lowest BCUT2D eigenvalue weighted by Crippen LogP contribution is -2.19. The van der Waals surface area contributed by atoms with Gasteiger partial charge in [-0.15, -0.1) is 11.3 Å². The van der Waals surface area contributed by atoms with Crippen molar-refractivity contribution in [1.29, 1.82) is 0 Å². The van der Waals surface area contributed by atoms with Crippen LogP contribution in [0, 0.1) is 6.92 Å². The van der Waals surface area contributed by atoms with Crippen LogP contribution in [0.3, 0.4) is 0 Å². The second-order valence-corrected chi connectivity index (χ2v) is 6.93. The van der Waals surface area contributed by atoms with E-state index in [2.05, 4.69) is 29.6 Å². The maximum atomic E-state index is 11.8. The molecule has 3 rings (SSSR count). The topological polar surface area (TPSA) is 50.7 Å². The van der Waals surface area contributed by atoms with Crippen LogP contribution in [0.5, 0.6) is 5.75 Å². The van der Waals surface area contributed by atoms with Crippen molar-refractivity contribution in [3.05, 3.63) is 87.6 Å². The minimum absolute atomic E-state index is 0.123. The van der Waals surface area contributed by atoms with Crippen molar-refractivity contribution in [3.8, 4) is 5.75 Å². The van der Waals surface area contributed by atoms with E-state index in [4.69, 9.17) is 4.74 Å². The number of benzene rings is 2. The molecular formula is C21H20N2O2S. The highest BCUT2D eigenvalue weighted by Crippen LogP contribution is 2.14. The number of aryl methyl sites for hydroxylation is 1. The third kappa shape index (κ3) is 5.57. The second-order valence-electron chi connectivity index (χ2n) is 5.90. The summed E-state index contributed by atoms with van der Waals surface area (Å²) in [6, 6.07) is 19.7. The Morgan fingerprint density at radius 1 is 1.15 bits per heavy atom. The molecule has 3 aromatic rings. The van der Waals surface area contributed by atoms with Gasteiger partial charge in [0.25, 0.3) is 0 Å². The summed E-state index contributed by atoms with van der Waals surface area (Å²) in [4.78, 5) is 12.8. The number of carbonyl (C=O) groups excluding carboxylic acids is 1. The standard InChI is InChI=1S/C21H20N2O2S/c1-16-4-2-5-18(12-16)15-25-19-9-7-17(8-10-19)14-22-23-21(24)13-20-6-3-11-26-20/h2-12,14H,13,15H2,1H3,(H,23,24)/b22-14-. The maximum absolute atomic E-state index is 11.8. The van der Waals surface area contributed by atoms with Crippen LogP contribution < -0.4 is 10.2 Å². The average Bonchev–Trinajstić information content (AvgIpc) is 3.14. The van der Waals surface area contributed by atoms with E-state index in [-0.39, 0.29) is 5.91 Å². The van der Waals surface area contributed by atoms with Crippen LogP contribution in [0.4, 0.5) is 0 Å². The molecule has 2 aromatic carbocycles. The van der Waals surface area contributed by atoms with E-state index in [1.54, 1.807) is 17.6 Å². The van der Waals surface area contributed by atoms with Crippen molar-refractivity contribution in [2.45, 2.75) is 20.0 Å². The van der Waals surface area contributed by atoms with E-state index in [0.29, 0.717) is 13.0 Å². The van der Waals surface area contributed by atoms with Gasteiger partial charge >= 0.3 is 0 Å². The number of rotatable bonds is 7. The van der Waals surface area contributed by atoms with E-state index >= 15 is 0 Å². The normalized spacial score (nSPS) is 10.8. The van der Waals surface area contributed by atoms with Gasteiger partial charge in [-0.2, -0.15) is 5.10 Å². The first-order chi connectivity index (χ1) is 12.7. The Kier molecular flexibility index (Phi) is 6.17. The Morgan fingerprint density at radius 3 is 2.73 bits per heavy atom. The highest BCUT2D eigenvalue weighted by Gasteiger charge is 2.02. The Hall–Kier alpha value is -2.92. The molecule has 4 nitrogen and oxygen atoms in total. The molecule has 0 saturated carbocycles. The third-order valence-corrected chi connectivity index (χ3v) is 4.56. The van der Waals surface area contributed by atoms with Crippen LogP contribution >= 0.6 is 11.3 Å². The van der Waals surface area contributed by atoms with Crippen molar-refractivity contribution in [2.24, 2.45) is 5.10 Å². The molecule has 0 aliphatic rings. The fourth-order valence-electron chi connectivity index (χ4n) is 2.41. The molecule has 0 fully saturated rings. The number of nitrogens with zero attached hydrogens (tertiary/aromatic N) is 1.